The van der Waals surface area contributed by atoms with Crippen LogP contribution in [0.15, 0.2) is 30.9 Å². The summed E-state index contributed by atoms with van der Waals surface area (Å²) in [5.41, 5.74) is 1.97. The van der Waals surface area contributed by atoms with Crippen LogP contribution < -0.4 is 5.32 Å². The number of anilines is 1. The lowest BCUT2D eigenvalue weighted by atomic mass is 9.97. The number of hydrogen-bond acceptors (Lipinski definition) is 5. The average Bonchev–Trinajstić information content (AvgIpc) is 3.03. The Labute approximate surface area is 118 Å². The van der Waals surface area contributed by atoms with E-state index < -0.39 is 0 Å². The minimum atomic E-state index is 0.766. The predicted octanol–water partition coefficient (Wildman–Crippen LogP) is 1.89. The minimum absolute atomic E-state index is 0.766. The molecule has 0 aliphatic carbocycles. The third-order valence-electron chi connectivity index (χ3n) is 3.68. The Morgan fingerprint density at radius 2 is 2.20 bits per heavy atom. The molecule has 0 saturated carbocycles. The van der Waals surface area contributed by atoms with Crippen molar-refractivity contribution in [1.29, 1.82) is 0 Å². The van der Waals surface area contributed by atoms with Crippen molar-refractivity contribution in [3.63, 3.8) is 0 Å². The molecule has 20 heavy (non-hydrogen) atoms. The van der Waals surface area contributed by atoms with Crippen molar-refractivity contribution in [2.24, 2.45) is 5.92 Å². The van der Waals surface area contributed by atoms with Gasteiger partial charge in [0.15, 0.2) is 0 Å². The first-order valence-electron chi connectivity index (χ1n) is 7.06. The lowest BCUT2D eigenvalue weighted by Gasteiger charge is -2.22. The normalized spacial score (nSPS) is 16.2. The largest absolute Gasteiger partial charge is 0.382 e. The fourth-order valence-electron chi connectivity index (χ4n) is 2.51. The third kappa shape index (κ3) is 3.14. The van der Waals surface area contributed by atoms with Crippen molar-refractivity contribution in [3.05, 3.63) is 30.9 Å². The van der Waals surface area contributed by atoms with E-state index in [0.717, 1.165) is 43.5 Å². The van der Waals surface area contributed by atoms with Gasteiger partial charge in [-0.3, -0.25) is 4.98 Å². The topological polar surface area (TPSA) is 64.9 Å². The van der Waals surface area contributed by atoms with Crippen LogP contribution in [-0.4, -0.2) is 39.7 Å². The molecule has 1 aliphatic heterocycles. The first-order chi connectivity index (χ1) is 9.93. The van der Waals surface area contributed by atoms with Gasteiger partial charge in [0.05, 0.1) is 30.0 Å². The number of ether oxygens (including phenoxy) is 1. The molecule has 1 fully saturated rings. The SMILES string of the molecule is c1cc(-n2ccnn2)c(NCCC2CCOCC2)cn1. The van der Waals surface area contributed by atoms with E-state index in [2.05, 4.69) is 20.6 Å². The summed E-state index contributed by atoms with van der Waals surface area (Å²) in [6, 6.07) is 1.94. The summed E-state index contributed by atoms with van der Waals surface area (Å²) in [6.45, 7) is 2.75. The van der Waals surface area contributed by atoms with Crippen molar-refractivity contribution in [2.45, 2.75) is 19.3 Å². The quantitative estimate of drug-likeness (QED) is 0.901. The molecule has 6 heteroatoms. The molecule has 106 valence electrons. The van der Waals surface area contributed by atoms with Crippen LogP contribution in [0.5, 0.6) is 0 Å². The number of aromatic nitrogens is 4. The lowest BCUT2D eigenvalue weighted by molar-refractivity contribution is 0.0649. The van der Waals surface area contributed by atoms with Crippen LogP contribution in [0.4, 0.5) is 5.69 Å². The Hall–Kier alpha value is -1.95. The molecular weight excluding hydrogens is 254 g/mol. The first kappa shape index (κ1) is 13.1. The van der Waals surface area contributed by atoms with Crippen LogP contribution in [0, 0.1) is 5.92 Å². The van der Waals surface area contributed by atoms with E-state index in [1.54, 1.807) is 17.1 Å². The standard InChI is InChI=1S/C14H19N5O/c1(12-3-9-20-10-4-12)6-16-13-11-15-5-2-14(13)19-8-7-17-18-19/h2,5,7-8,11-12,16H,1,3-4,6,9-10H2. The van der Waals surface area contributed by atoms with Crippen molar-refractivity contribution in [1.82, 2.24) is 20.0 Å². The first-order valence-corrected chi connectivity index (χ1v) is 7.06. The zero-order chi connectivity index (χ0) is 13.6. The van der Waals surface area contributed by atoms with E-state index in [-0.39, 0.29) is 0 Å². The average molecular weight is 273 g/mol. The van der Waals surface area contributed by atoms with Crippen LogP contribution >= 0.6 is 0 Å². The summed E-state index contributed by atoms with van der Waals surface area (Å²) in [4.78, 5) is 4.18. The third-order valence-corrected chi connectivity index (χ3v) is 3.68. The van der Waals surface area contributed by atoms with Gasteiger partial charge < -0.3 is 10.1 Å². The van der Waals surface area contributed by atoms with Gasteiger partial charge in [-0.15, -0.1) is 5.10 Å². The molecule has 0 spiro atoms. The van der Waals surface area contributed by atoms with Crippen LogP contribution in [0.25, 0.3) is 5.69 Å². The Bertz CT molecular complexity index is 522. The fourth-order valence-corrected chi connectivity index (χ4v) is 2.51. The van der Waals surface area contributed by atoms with Gasteiger partial charge in [-0.1, -0.05) is 5.21 Å². The lowest BCUT2D eigenvalue weighted by Crippen LogP contribution is -2.18. The number of nitrogens with zero attached hydrogens (tertiary/aromatic N) is 4. The van der Waals surface area contributed by atoms with Crippen LogP contribution in [0.1, 0.15) is 19.3 Å². The number of nitrogens with one attached hydrogen (secondary N) is 1. The molecule has 0 unspecified atom stereocenters. The van der Waals surface area contributed by atoms with Crippen molar-refractivity contribution >= 4 is 5.69 Å². The van der Waals surface area contributed by atoms with Gasteiger partial charge in [0.1, 0.15) is 0 Å². The van der Waals surface area contributed by atoms with Gasteiger partial charge in [-0.2, -0.15) is 0 Å². The summed E-state index contributed by atoms with van der Waals surface area (Å²) < 4.78 is 7.13. The van der Waals surface area contributed by atoms with Crippen molar-refractivity contribution in [3.8, 4) is 5.69 Å². The number of hydrogen-bond donors (Lipinski definition) is 1. The molecule has 0 aromatic carbocycles. The molecule has 1 N–H and O–H groups in total. The Balaban J connectivity index is 1.60. The maximum atomic E-state index is 5.38. The molecule has 0 bridgehead atoms. The van der Waals surface area contributed by atoms with Gasteiger partial charge in [0, 0.05) is 26.0 Å². The van der Waals surface area contributed by atoms with E-state index in [4.69, 9.17) is 4.74 Å². The summed E-state index contributed by atoms with van der Waals surface area (Å²) >= 11 is 0. The minimum Gasteiger partial charge on any atom is -0.382 e. The smallest absolute Gasteiger partial charge is 0.0925 e. The highest BCUT2D eigenvalue weighted by Crippen LogP contribution is 2.20. The highest BCUT2D eigenvalue weighted by molar-refractivity contribution is 5.58. The monoisotopic (exact) mass is 273 g/mol. The number of pyridine rings is 1. The van der Waals surface area contributed by atoms with Gasteiger partial charge >= 0.3 is 0 Å². The second-order valence-corrected chi connectivity index (χ2v) is 5.01. The fraction of sp³-hybridized carbons (Fsp3) is 0.500. The second-order valence-electron chi connectivity index (χ2n) is 5.01. The summed E-state index contributed by atoms with van der Waals surface area (Å²) in [7, 11) is 0. The molecule has 0 amide bonds. The zero-order valence-corrected chi connectivity index (χ0v) is 11.4. The Morgan fingerprint density at radius 3 is 3.00 bits per heavy atom. The maximum Gasteiger partial charge on any atom is 0.0925 e. The Kier molecular flexibility index (Phi) is 4.22. The predicted molar refractivity (Wildman–Crippen MR) is 75.8 cm³/mol. The Morgan fingerprint density at radius 1 is 1.30 bits per heavy atom. The van der Waals surface area contributed by atoms with E-state index in [1.165, 1.54) is 12.8 Å². The highest BCUT2D eigenvalue weighted by atomic mass is 16.5. The zero-order valence-electron chi connectivity index (χ0n) is 11.4. The summed E-state index contributed by atoms with van der Waals surface area (Å²) in [5, 5.41) is 11.3. The molecule has 1 saturated heterocycles. The van der Waals surface area contributed by atoms with Gasteiger partial charge in [-0.05, 0) is 31.2 Å². The van der Waals surface area contributed by atoms with E-state index in [1.807, 2.05) is 18.5 Å². The van der Waals surface area contributed by atoms with Crippen molar-refractivity contribution in [2.75, 3.05) is 25.1 Å². The summed E-state index contributed by atoms with van der Waals surface area (Å²) in [5.74, 6) is 0.766. The number of rotatable bonds is 5. The second kappa shape index (κ2) is 6.47. The van der Waals surface area contributed by atoms with Crippen LogP contribution in [-0.2, 0) is 4.74 Å². The van der Waals surface area contributed by atoms with Gasteiger partial charge in [-0.25, -0.2) is 4.68 Å². The molecule has 0 atom stereocenters. The molecule has 1 aliphatic rings. The van der Waals surface area contributed by atoms with Crippen LogP contribution in [0.3, 0.4) is 0 Å². The van der Waals surface area contributed by atoms with Gasteiger partial charge in [0.25, 0.3) is 0 Å². The highest BCUT2D eigenvalue weighted by Gasteiger charge is 2.13. The molecule has 2 aromatic rings. The molecule has 3 heterocycles. The molecular formula is C14H19N5O. The van der Waals surface area contributed by atoms with E-state index in [0.29, 0.717) is 0 Å². The van der Waals surface area contributed by atoms with Crippen LogP contribution in [0.2, 0.25) is 0 Å². The van der Waals surface area contributed by atoms with Crippen molar-refractivity contribution < 1.29 is 4.74 Å². The molecule has 2 aromatic heterocycles. The van der Waals surface area contributed by atoms with E-state index in [9.17, 15) is 0 Å². The molecule has 6 nitrogen and oxygen atoms in total. The maximum absolute atomic E-state index is 5.38. The molecule has 3 rings (SSSR count). The van der Waals surface area contributed by atoms with E-state index >= 15 is 0 Å². The summed E-state index contributed by atoms with van der Waals surface area (Å²) in [6.07, 6.45) is 10.6. The molecule has 0 radical (unpaired) electrons. The van der Waals surface area contributed by atoms with Gasteiger partial charge in [0.2, 0.25) is 0 Å².